The highest BCUT2D eigenvalue weighted by molar-refractivity contribution is 7.89. The fourth-order valence-electron chi connectivity index (χ4n) is 2.55. The summed E-state index contributed by atoms with van der Waals surface area (Å²) in [6.07, 6.45) is 1.62. The first kappa shape index (κ1) is 22.3. The van der Waals surface area contributed by atoms with Crippen LogP contribution in [-0.4, -0.2) is 44.3 Å². The summed E-state index contributed by atoms with van der Waals surface area (Å²) in [5.41, 5.74) is -0.128. The molecule has 0 radical (unpaired) electrons. The Hall–Kier alpha value is -2.98. The number of amides is 1. The van der Waals surface area contributed by atoms with E-state index in [2.05, 4.69) is 5.32 Å². The molecular formula is C19H23N3O6S. The van der Waals surface area contributed by atoms with Crippen molar-refractivity contribution in [3.05, 3.63) is 58.1 Å². The number of nitro groups is 1. The molecule has 0 aliphatic rings. The van der Waals surface area contributed by atoms with Gasteiger partial charge >= 0.3 is 0 Å². The predicted octanol–water partition coefficient (Wildman–Crippen LogP) is 3.28. The Labute approximate surface area is 169 Å². The van der Waals surface area contributed by atoms with Crippen LogP contribution in [0, 0.1) is 10.1 Å². The van der Waals surface area contributed by atoms with Crippen molar-refractivity contribution >= 4 is 27.3 Å². The molecule has 0 aliphatic carbocycles. The molecule has 9 nitrogen and oxygen atoms in total. The molecule has 0 atom stereocenters. The number of hydrogen-bond donors (Lipinski definition) is 1. The Balaban J connectivity index is 2.21. The van der Waals surface area contributed by atoms with Gasteiger partial charge in [0.25, 0.3) is 11.6 Å². The molecule has 0 saturated carbocycles. The zero-order valence-corrected chi connectivity index (χ0v) is 17.2. The lowest BCUT2D eigenvalue weighted by Gasteiger charge is -2.17. The van der Waals surface area contributed by atoms with E-state index in [0.29, 0.717) is 6.54 Å². The van der Waals surface area contributed by atoms with Crippen molar-refractivity contribution in [3.63, 3.8) is 0 Å². The fraction of sp³-hybridized carbons (Fsp3) is 0.316. The molecular weight excluding hydrogens is 398 g/mol. The Bertz CT molecular complexity index is 990. The number of rotatable bonds is 9. The van der Waals surface area contributed by atoms with Gasteiger partial charge in [-0.15, -0.1) is 0 Å². The molecule has 0 bridgehead atoms. The van der Waals surface area contributed by atoms with Gasteiger partial charge in [0.2, 0.25) is 10.0 Å². The lowest BCUT2D eigenvalue weighted by atomic mass is 10.2. The highest BCUT2D eigenvalue weighted by atomic mass is 32.2. The molecule has 2 rings (SSSR count). The summed E-state index contributed by atoms with van der Waals surface area (Å²) in [6.45, 7) is 2.38. The molecule has 0 heterocycles. The van der Waals surface area contributed by atoms with Crippen LogP contribution in [0.1, 0.15) is 30.1 Å². The van der Waals surface area contributed by atoms with E-state index in [1.165, 1.54) is 60.9 Å². The number of sulfonamides is 1. The monoisotopic (exact) mass is 421 g/mol. The van der Waals surface area contributed by atoms with Gasteiger partial charge in [-0.25, -0.2) is 12.7 Å². The zero-order chi connectivity index (χ0) is 21.6. The Morgan fingerprint density at radius 2 is 1.86 bits per heavy atom. The summed E-state index contributed by atoms with van der Waals surface area (Å²) < 4.78 is 31.3. The van der Waals surface area contributed by atoms with E-state index in [9.17, 15) is 23.3 Å². The van der Waals surface area contributed by atoms with E-state index < -0.39 is 20.9 Å². The van der Waals surface area contributed by atoms with Gasteiger partial charge < -0.3 is 10.1 Å². The highest BCUT2D eigenvalue weighted by Gasteiger charge is 2.21. The lowest BCUT2D eigenvalue weighted by molar-refractivity contribution is -0.384. The molecule has 10 heteroatoms. The number of nitro benzene ring substituents is 1. The molecule has 2 aromatic carbocycles. The van der Waals surface area contributed by atoms with Gasteiger partial charge in [-0.05, 0) is 42.8 Å². The topological polar surface area (TPSA) is 119 Å². The van der Waals surface area contributed by atoms with Crippen LogP contribution in [-0.2, 0) is 10.0 Å². The van der Waals surface area contributed by atoms with Gasteiger partial charge in [-0.2, -0.15) is 0 Å². The summed E-state index contributed by atoms with van der Waals surface area (Å²) in [7, 11) is -0.750. The normalized spacial score (nSPS) is 11.3. The number of carbonyl (C=O) groups excluding carboxylic acids is 1. The smallest absolute Gasteiger partial charge is 0.296 e. The first-order valence-electron chi connectivity index (χ1n) is 8.91. The average Bonchev–Trinajstić information content (AvgIpc) is 2.72. The van der Waals surface area contributed by atoms with Crippen LogP contribution in [0.15, 0.2) is 47.4 Å². The number of unbranched alkanes of at least 4 members (excludes halogenated alkanes) is 1. The molecule has 0 saturated heterocycles. The van der Waals surface area contributed by atoms with Crippen LogP contribution in [0.5, 0.6) is 5.75 Å². The van der Waals surface area contributed by atoms with E-state index in [1.807, 2.05) is 6.92 Å². The van der Waals surface area contributed by atoms with Crippen LogP contribution >= 0.6 is 0 Å². The van der Waals surface area contributed by atoms with Gasteiger partial charge in [-0.1, -0.05) is 13.3 Å². The van der Waals surface area contributed by atoms with Crippen molar-refractivity contribution in [2.45, 2.75) is 24.7 Å². The first-order valence-corrected chi connectivity index (χ1v) is 10.3. The Morgan fingerprint density at radius 1 is 1.21 bits per heavy atom. The van der Waals surface area contributed by atoms with Crippen molar-refractivity contribution in [3.8, 4) is 5.75 Å². The maximum absolute atomic E-state index is 12.5. The zero-order valence-electron chi connectivity index (χ0n) is 16.4. The number of nitrogens with one attached hydrogen (secondary N) is 1. The van der Waals surface area contributed by atoms with E-state index in [1.54, 1.807) is 0 Å². The molecule has 1 amide bonds. The second kappa shape index (κ2) is 9.48. The third kappa shape index (κ3) is 5.30. The van der Waals surface area contributed by atoms with Gasteiger partial charge in [-0.3, -0.25) is 14.9 Å². The average molecular weight is 421 g/mol. The van der Waals surface area contributed by atoms with E-state index >= 15 is 0 Å². The predicted molar refractivity (Wildman–Crippen MR) is 109 cm³/mol. The van der Waals surface area contributed by atoms with Crippen molar-refractivity contribution < 1.29 is 22.9 Å². The van der Waals surface area contributed by atoms with Crippen LogP contribution in [0.25, 0.3) is 0 Å². The Kier molecular flexibility index (Phi) is 7.29. The third-order valence-electron chi connectivity index (χ3n) is 4.30. The summed E-state index contributed by atoms with van der Waals surface area (Å²) in [4.78, 5) is 23.1. The van der Waals surface area contributed by atoms with Crippen LogP contribution in [0.2, 0.25) is 0 Å². The van der Waals surface area contributed by atoms with Crippen molar-refractivity contribution in [1.29, 1.82) is 0 Å². The number of nitrogens with zero attached hydrogens (tertiary/aromatic N) is 2. The van der Waals surface area contributed by atoms with E-state index in [0.717, 1.165) is 12.8 Å². The molecule has 0 fully saturated rings. The SMILES string of the molecule is CCCCN(C)S(=O)(=O)c1ccc(C(=O)Nc2ccc(OC)cc2[N+](=O)[O-])cc1. The maximum atomic E-state index is 12.5. The quantitative estimate of drug-likeness (QED) is 0.490. The molecule has 0 aliphatic heterocycles. The molecule has 156 valence electrons. The van der Waals surface area contributed by atoms with Gasteiger partial charge in [0.15, 0.2) is 0 Å². The first-order chi connectivity index (χ1) is 13.7. The Morgan fingerprint density at radius 3 is 2.41 bits per heavy atom. The van der Waals surface area contributed by atoms with Crippen molar-refractivity contribution in [1.82, 2.24) is 4.31 Å². The number of benzene rings is 2. The number of methoxy groups -OCH3 is 1. The largest absolute Gasteiger partial charge is 0.496 e. The molecule has 2 aromatic rings. The third-order valence-corrected chi connectivity index (χ3v) is 6.17. The second-order valence-corrected chi connectivity index (χ2v) is 8.34. The minimum absolute atomic E-state index is 0.0109. The number of anilines is 1. The van der Waals surface area contributed by atoms with E-state index in [-0.39, 0.29) is 27.6 Å². The molecule has 1 N–H and O–H groups in total. The fourth-order valence-corrected chi connectivity index (χ4v) is 3.76. The van der Waals surface area contributed by atoms with Crippen molar-refractivity contribution in [2.24, 2.45) is 0 Å². The highest BCUT2D eigenvalue weighted by Crippen LogP contribution is 2.29. The summed E-state index contributed by atoms with van der Waals surface area (Å²) in [5.74, 6) is -0.307. The van der Waals surface area contributed by atoms with Crippen LogP contribution < -0.4 is 10.1 Å². The van der Waals surface area contributed by atoms with Gasteiger partial charge in [0, 0.05) is 19.2 Å². The summed E-state index contributed by atoms with van der Waals surface area (Å²) >= 11 is 0. The molecule has 0 spiro atoms. The maximum Gasteiger partial charge on any atom is 0.296 e. The number of ether oxygens (including phenoxy) is 1. The molecule has 0 aromatic heterocycles. The second-order valence-electron chi connectivity index (χ2n) is 6.30. The van der Waals surface area contributed by atoms with Gasteiger partial charge in [0.05, 0.1) is 23.0 Å². The van der Waals surface area contributed by atoms with Gasteiger partial charge in [0.1, 0.15) is 11.4 Å². The standard InChI is InChI=1S/C19H23N3O6S/c1-4-5-12-21(2)29(26,27)16-9-6-14(7-10-16)19(23)20-17-11-8-15(28-3)13-18(17)22(24)25/h6-11,13H,4-5,12H2,1-3H3,(H,20,23). The van der Waals surface area contributed by atoms with Crippen molar-refractivity contribution in [2.75, 3.05) is 26.0 Å². The summed E-state index contributed by atoms with van der Waals surface area (Å²) in [6, 6.07) is 9.49. The lowest BCUT2D eigenvalue weighted by Crippen LogP contribution is -2.28. The number of hydrogen-bond acceptors (Lipinski definition) is 6. The molecule has 29 heavy (non-hydrogen) atoms. The minimum Gasteiger partial charge on any atom is -0.496 e. The van der Waals surface area contributed by atoms with E-state index in [4.69, 9.17) is 4.74 Å². The number of carbonyl (C=O) groups is 1. The van der Waals surface area contributed by atoms with Crippen LogP contribution in [0.3, 0.4) is 0 Å². The minimum atomic E-state index is -3.64. The summed E-state index contributed by atoms with van der Waals surface area (Å²) in [5, 5.41) is 13.7. The van der Waals surface area contributed by atoms with Crippen LogP contribution in [0.4, 0.5) is 11.4 Å². The molecule has 0 unspecified atom stereocenters.